The lowest BCUT2D eigenvalue weighted by molar-refractivity contribution is -0.125. The van der Waals surface area contributed by atoms with E-state index in [-0.39, 0.29) is 0 Å². The molecule has 4 rings (SSSR count). The Morgan fingerprint density at radius 2 is 2.28 bits per heavy atom. The summed E-state index contributed by atoms with van der Waals surface area (Å²) >= 11 is 1.82. The highest BCUT2D eigenvalue weighted by Gasteiger charge is 2.65. The summed E-state index contributed by atoms with van der Waals surface area (Å²) in [5.41, 5.74) is 0.365. The van der Waals surface area contributed by atoms with E-state index in [4.69, 9.17) is 4.74 Å². The molecule has 138 valence electrons. The molecule has 1 aliphatic heterocycles. The number of aliphatic imine (C=N–C) groups is 1. The maximum absolute atomic E-state index is 6.08. The van der Waals surface area contributed by atoms with Gasteiger partial charge in [0.25, 0.3) is 0 Å². The summed E-state index contributed by atoms with van der Waals surface area (Å²) < 4.78 is 6.08. The summed E-state index contributed by atoms with van der Waals surface area (Å²) in [6.45, 7) is 3.99. The van der Waals surface area contributed by atoms with Crippen LogP contribution in [0.2, 0.25) is 0 Å². The van der Waals surface area contributed by atoms with Crippen LogP contribution in [-0.2, 0) is 17.6 Å². The lowest BCUT2D eigenvalue weighted by Gasteiger charge is -2.57. The molecule has 2 N–H and O–H groups in total. The van der Waals surface area contributed by atoms with Gasteiger partial charge in [0.05, 0.1) is 11.1 Å². The zero-order valence-electron chi connectivity index (χ0n) is 15.4. The second kappa shape index (κ2) is 7.23. The minimum absolute atomic E-state index is 0.365. The van der Waals surface area contributed by atoms with Crippen LogP contribution >= 0.6 is 11.3 Å². The maximum atomic E-state index is 6.08. The Bertz CT molecular complexity index is 623. The van der Waals surface area contributed by atoms with Crippen LogP contribution in [0.25, 0.3) is 0 Å². The number of hydrogen-bond donors (Lipinski definition) is 2. The van der Waals surface area contributed by atoms with Crippen LogP contribution in [0.3, 0.4) is 0 Å². The Morgan fingerprint density at radius 1 is 1.44 bits per heavy atom. The van der Waals surface area contributed by atoms with Gasteiger partial charge >= 0.3 is 0 Å². The molecule has 3 aliphatic rings. The topological polar surface area (TPSA) is 58.5 Å². The fraction of sp³-hybridized carbons (Fsp3) is 0.789. The standard InChI is InChI=1S/C19H30N4OS/c1-3-13-12-22-15(25-13)6-10-21-18(20-2)23-16-14-7-11-24-17(14)19(16)8-4-5-9-19/h12,14,16-17H,3-11H2,1-2H3,(H2,20,21,23). The third-order valence-electron chi connectivity index (χ3n) is 6.38. The average molecular weight is 363 g/mol. The summed E-state index contributed by atoms with van der Waals surface area (Å²) in [6.07, 6.45) is 11.0. The Balaban J connectivity index is 1.32. The van der Waals surface area contributed by atoms with E-state index in [2.05, 4.69) is 27.5 Å². The predicted molar refractivity (Wildman–Crippen MR) is 102 cm³/mol. The highest BCUT2D eigenvalue weighted by atomic mass is 32.1. The number of nitrogens with one attached hydrogen (secondary N) is 2. The molecule has 6 heteroatoms. The van der Waals surface area contributed by atoms with Crippen molar-refractivity contribution in [3.8, 4) is 0 Å². The first-order valence-electron chi connectivity index (χ1n) is 9.79. The van der Waals surface area contributed by atoms with Gasteiger partial charge in [-0.25, -0.2) is 4.98 Å². The first kappa shape index (κ1) is 17.3. The van der Waals surface area contributed by atoms with Gasteiger partial charge in [-0.1, -0.05) is 19.8 Å². The number of aryl methyl sites for hydroxylation is 1. The normalized spacial score (nSPS) is 30.3. The first-order valence-corrected chi connectivity index (χ1v) is 10.6. The molecule has 1 aromatic heterocycles. The van der Waals surface area contributed by atoms with E-state index in [0.717, 1.165) is 32.0 Å². The number of guanidine groups is 1. The molecule has 2 heterocycles. The van der Waals surface area contributed by atoms with Crippen LogP contribution < -0.4 is 10.6 Å². The number of nitrogens with zero attached hydrogens (tertiary/aromatic N) is 2. The van der Waals surface area contributed by atoms with Crippen LogP contribution in [0.15, 0.2) is 11.2 Å². The van der Waals surface area contributed by atoms with E-state index in [0.29, 0.717) is 23.5 Å². The largest absolute Gasteiger partial charge is 0.377 e. The average Bonchev–Trinajstić information content (AvgIpc) is 3.37. The molecule has 0 bridgehead atoms. The molecule has 5 nitrogen and oxygen atoms in total. The van der Waals surface area contributed by atoms with E-state index in [1.807, 2.05) is 24.6 Å². The fourth-order valence-electron chi connectivity index (χ4n) is 5.16. The monoisotopic (exact) mass is 362 g/mol. The van der Waals surface area contributed by atoms with Crippen molar-refractivity contribution in [1.29, 1.82) is 0 Å². The van der Waals surface area contributed by atoms with Crippen molar-refractivity contribution in [1.82, 2.24) is 15.6 Å². The van der Waals surface area contributed by atoms with Crippen molar-refractivity contribution >= 4 is 17.3 Å². The number of hydrogen-bond acceptors (Lipinski definition) is 4. The number of thiazole rings is 1. The minimum atomic E-state index is 0.365. The van der Waals surface area contributed by atoms with Crippen molar-refractivity contribution in [3.05, 3.63) is 16.1 Å². The van der Waals surface area contributed by atoms with Gasteiger partial charge in [-0.15, -0.1) is 11.3 Å². The molecular weight excluding hydrogens is 332 g/mol. The van der Waals surface area contributed by atoms with Gasteiger partial charge in [-0.3, -0.25) is 4.99 Å². The van der Waals surface area contributed by atoms with Crippen LogP contribution in [0.1, 0.15) is 48.9 Å². The van der Waals surface area contributed by atoms with Gasteiger partial charge in [-0.2, -0.15) is 0 Å². The highest BCUT2D eigenvalue weighted by molar-refractivity contribution is 7.11. The third-order valence-corrected chi connectivity index (χ3v) is 7.58. The molecule has 3 atom stereocenters. The van der Waals surface area contributed by atoms with Gasteiger partial charge < -0.3 is 15.4 Å². The third kappa shape index (κ3) is 3.08. The second-order valence-corrected chi connectivity index (χ2v) is 8.83. The van der Waals surface area contributed by atoms with E-state index < -0.39 is 0 Å². The molecule has 3 fully saturated rings. The van der Waals surface area contributed by atoms with Crippen molar-refractivity contribution in [2.45, 2.75) is 64.0 Å². The van der Waals surface area contributed by atoms with E-state index in [1.54, 1.807) is 0 Å². The van der Waals surface area contributed by atoms with E-state index in [9.17, 15) is 0 Å². The smallest absolute Gasteiger partial charge is 0.191 e. The van der Waals surface area contributed by atoms with Crippen molar-refractivity contribution in [2.24, 2.45) is 16.3 Å². The maximum Gasteiger partial charge on any atom is 0.191 e. The zero-order chi connectivity index (χ0) is 17.3. The minimum Gasteiger partial charge on any atom is -0.377 e. The lowest BCUT2D eigenvalue weighted by Crippen LogP contribution is -2.69. The fourth-order valence-corrected chi connectivity index (χ4v) is 6.02. The van der Waals surface area contributed by atoms with Crippen molar-refractivity contribution < 1.29 is 4.74 Å². The molecule has 1 aromatic rings. The van der Waals surface area contributed by atoms with Gasteiger partial charge in [0, 0.05) is 55.1 Å². The lowest BCUT2D eigenvalue weighted by atomic mass is 9.54. The molecule has 3 unspecified atom stereocenters. The van der Waals surface area contributed by atoms with Crippen molar-refractivity contribution in [2.75, 3.05) is 20.2 Å². The molecule has 0 amide bonds. The number of fused-ring (bicyclic) bond motifs is 2. The summed E-state index contributed by atoms with van der Waals surface area (Å²) in [5.74, 6) is 1.61. The molecule has 2 saturated carbocycles. The number of aromatic nitrogens is 1. The molecule has 1 spiro atoms. The second-order valence-electron chi connectivity index (χ2n) is 7.63. The van der Waals surface area contributed by atoms with Crippen molar-refractivity contribution in [3.63, 3.8) is 0 Å². The van der Waals surface area contributed by atoms with E-state index >= 15 is 0 Å². The molecule has 1 saturated heterocycles. The Morgan fingerprint density at radius 3 is 3.00 bits per heavy atom. The van der Waals surface area contributed by atoms with Gasteiger partial charge in [0.15, 0.2) is 5.96 Å². The van der Waals surface area contributed by atoms with Gasteiger partial charge in [-0.05, 0) is 25.7 Å². The van der Waals surface area contributed by atoms with Crippen LogP contribution in [0.4, 0.5) is 0 Å². The summed E-state index contributed by atoms with van der Waals surface area (Å²) in [5, 5.41) is 8.46. The summed E-state index contributed by atoms with van der Waals surface area (Å²) in [4.78, 5) is 10.3. The molecule has 25 heavy (non-hydrogen) atoms. The summed E-state index contributed by atoms with van der Waals surface area (Å²) in [7, 11) is 1.87. The first-order chi connectivity index (χ1) is 12.3. The Kier molecular flexibility index (Phi) is 5.00. The number of ether oxygens (including phenoxy) is 1. The number of rotatable bonds is 5. The predicted octanol–water partition coefficient (Wildman–Crippen LogP) is 2.76. The molecule has 0 radical (unpaired) electrons. The zero-order valence-corrected chi connectivity index (χ0v) is 16.2. The van der Waals surface area contributed by atoms with Crippen LogP contribution in [0.5, 0.6) is 0 Å². The molecular formula is C19H30N4OS. The van der Waals surface area contributed by atoms with Crippen LogP contribution in [-0.4, -0.2) is 43.3 Å². The quantitative estimate of drug-likeness (QED) is 0.625. The Labute approximate surface area is 154 Å². The van der Waals surface area contributed by atoms with Gasteiger partial charge in [0.1, 0.15) is 0 Å². The molecule has 0 aromatic carbocycles. The summed E-state index contributed by atoms with van der Waals surface area (Å²) in [6, 6.07) is 0.528. The van der Waals surface area contributed by atoms with Crippen LogP contribution in [0, 0.1) is 11.3 Å². The SMILES string of the molecule is CCc1cnc(CCNC(=NC)NC2C3CCOC3C23CCCC3)s1. The highest BCUT2D eigenvalue weighted by Crippen LogP contribution is 2.60. The Hall–Kier alpha value is -1.14. The van der Waals surface area contributed by atoms with E-state index in [1.165, 1.54) is 42.0 Å². The molecule has 2 aliphatic carbocycles. The van der Waals surface area contributed by atoms with Gasteiger partial charge in [0.2, 0.25) is 0 Å².